The average Bonchev–Trinajstić information content (AvgIpc) is 3.03. The van der Waals surface area contributed by atoms with Crippen LogP contribution in [0.2, 0.25) is 0 Å². The highest BCUT2D eigenvalue weighted by Crippen LogP contribution is 2.38. The molecular weight excluding hydrogens is 346 g/mol. The summed E-state index contributed by atoms with van der Waals surface area (Å²) in [6.07, 6.45) is 0. The van der Waals surface area contributed by atoms with E-state index in [1.54, 1.807) is 32.1 Å². The molecule has 0 saturated heterocycles. The normalized spacial score (nSPS) is 12.9. The van der Waals surface area contributed by atoms with Gasteiger partial charge in [-0.2, -0.15) is 0 Å². The van der Waals surface area contributed by atoms with Crippen molar-refractivity contribution in [2.45, 2.75) is 38.2 Å². The molecule has 0 fully saturated rings. The second-order valence-electron chi connectivity index (χ2n) is 6.55. The van der Waals surface area contributed by atoms with E-state index in [1.807, 2.05) is 17.5 Å². The van der Waals surface area contributed by atoms with E-state index in [9.17, 15) is 8.42 Å². The Balaban J connectivity index is 1.97. The second-order valence-corrected chi connectivity index (χ2v) is 11.3. The molecule has 3 rings (SSSR count). The monoisotopic (exact) mass is 365 g/mol. The van der Waals surface area contributed by atoms with Crippen LogP contribution in [0, 0.1) is 6.92 Å². The van der Waals surface area contributed by atoms with Gasteiger partial charge >= 0.3 is 0 Å². The van der Waals surface area contributed by atoms with Crippen molar-refractivity contribution in [3.63, 3.8) is 0 Å². The molecule has 0 amide bonds. The average molecular weight is 366 g/mol. The van der Waals surface area contributed by atoms with Crippen LogP contribution >= 0.6 is 22.7 Å². The Bertz CT molecular complexity index is 959. The first-order valence-corrected chi connectivity index (χ1v) is 10.7. The van der Waals surface area contributed by atoms with E-state index >= 15 is 0 Å². The van der Waals surface area contributed by atoms with Crippen LogP contribution in [0.5, 0.6) is 0 Å². The summed E-state index contributed by atoms with van der Waals surface area (Å²) in [4.78, 5) is 5.71. The summed E-state index contributed by atoms with van der Waals surface area (Å²) in [5.41, 5.74) is 2.09. The summed E-state index contributed by atoms with van der Waals surface area (Å²) in [6, 6.07) is 8.29. The Kier molecular flexibility index (Phi) is 4.11. The van der Waals surface area contributed by atoms with Gasteiger partial charge in [-0.05, 0) is 44.7 Å². The number of aromatic nitrogens is 1. The van der Waals surface area contributed by atoms with E-state index in [4.69, 9.17) is 0 Å². The van der Waals surface area contributed by atoms with E-state index in [1.165, 1.54) is 27.0 Å². The van der Waals surface area contributed by atoms with Crippen LogP contribution in [-0.4, -0.2) is 18.1 Å². The van der Waals surface area contributed by atoms with Gasteiger partial charge in [0.05, 0.1) is 15.3 Å². The number of rotatable bonds is 3. The third-order valence-corrected chi connectivity index (χ3v) is 8.72. The molecule has 0 atom stereocenters. The third kappa shape index (κ3) is 3.07. The first-order valence-electron chi connectivity index (χ1n) is 7.34. The van der Waals surface area contributed by atoms with Crippen LogP contribution in [0.25, 0.3) is 20.7 Å². The zero-order valence-corrected chi connectivity index (χ0v) is 16.0. The van der Waals surface area contributed by atoms with E-state index in [0.29, 0.717) is 5.01 Å². The van der Waals surface area contributed by atoms with Gasteiger partial charge in [-0.15, -0.1) is 22.7 Å². The first kappa shape index (κ1) is 16.6. The quantitative estimate of drug-likeness (QED) is 0.653. The summed E-state index contributed by atoms with van der Waals surface area (Å²) in [5.74, 6) is 0.00507. The molecule has 0 saturated carbocycles. The van der Waals surface area contributed by atoms with Gasteiger partial charge in [0.15, 0.2) is 9.84 Å². The van der Waals surface area contributed by atoms with Crippen molar-refractivity contribution in [3.8, 4) is 10.6 Å². The van der Waals surface area contributed by atoms with Gasteiger partial charge in [0.2, 0.25) is 0 Å². The predicted octanol–water partition coefficient (Wildman–Crippen LogP) is 5.05. The number of nitrogens with zero attached hydrogens (tertiary/aromatic N) is 1. The van der Waals surface area contributed by atoms with E-state index in [0.717, 1.165) is 10.6 Å². The Morgan fingerprint density at radius 2 is 1.87 bits per heavy atom. The Labute approximate surface area is 144 Å². The van der Waals surface area contributed by atoms with Crippen molar-refractivity contribution >= 4 is 42.6 Å². The molecule has 0 radical (unpaired) electrons. The van der Waals surface area contributed by atoms with E-state index < -0.39 is 14.6 Å². The van der Waals surface area contributed by atoms with Crippen LogP contribution in [-0.2, 0) is 15.6 Å². The molecule has 2 heterocycles. The molecule has 3 nitrogen and oxygen atoms in total. The Morgan fingerprint density at radius 1 is 1.17 bits per heavy atom. The molecule has 0 aliphatic heterocycles. The van der Waals surface area contributed by atoms with Gasteiger partial charge in [0.25, 0.3) is 0 Å². The van der Waals surface area contributed by atoms with Gasteiger partial charge in [-0.1, -0.05) is 18.2 Å². The second kappa shape index (κ2) is 5.69. The molecule has 1 aromatic carbocycles. The molecule has 0 unspecified atom stereocenters. The van der Waals surface area contributed by atoms with Gasteiger partial charge < -0.3 is 0 Å². The minimum atomic E-state index is -3.20. The molecule has 23 heavy (non-hydrogen) atoms. The van der Waals surface area contributed by atoms with E-state index in [-0.39, 0.29) is 5.75 Å². The smallest absolute Gasteiger partial charge is 0.161 e. The van der Waals surface area contributed by atoms with Gasteiger partial charge in [0.1, 0.15) is 10.8 Å². The number of fused-ring (bicyclic) bond motifs is 1. The molecule has 0 spiro atoms. The topological polar surface area (TPSA) is 47.0 Å². The maximum absolute atomic E-state index is 12.3. The fourth-order valence-electron chi connectivity index (χ4n) is 2.28. The minimum Gasteiger partial charge on any atom is -0.239 e. The molecule has 0 N–H and O–H groups in total. The van der Waals surface area contributed by atoms with Crippen molar-refractivity contribution in [1.29, 1.82) is 0 Å². The number of hydrogen-bond donors (Lipinski definition) is 0. The summed E-state index contributed by atoms with van der Waals surface area (Å²) >= 11 is 3.13. The van der Waals surface area contributed by atoms with Crippen molar-refractivity contribution in [2.75, 3.05) is 0 Å². The molecular formula is C17H19NO2S3. The molecule has 0 aliphatic carbocycles. The zero-order valence-electron chi connectivity index (χ0n) is 13.6. The molecule has 6 heteroatoms. The summed E-state index contributed by atoms with van der Waals surface area (Å²) < 4.78 is 25.2. The van der Waals surface area contributed by atoms with Crippen LogP contribution in [0.4, 0.5) is 0 Å². The van der Waals surface area contributed by atoms with Crippen LogP contribution in [0.15, 0.2) is 29.6 Å². The lowest BCUT2D eigenvalue weighted by molar-refractivity contribution is 0.559. The highest BCUT2D eigenvalue weighted by Gasteiger charge is 2.30. The lowest BCUT2D eigenvalue weighted by Gasteiger charge is -2.17. The fourth-order valence-corrected chi connectivity index (χ4v) is 5.65. The molecule has 3 aromatic rings. The Hall–Kier alpha value is -1.24. The van der Waals surface area contributed by atoms with Crippen LogP contribution in [0.3, 0.4) is 0 Å². The van der Waals surface area contributed by atoms with Gasteiger partial charge in [-0.25, -0.2) is 13.4 Å². The molecule has 0 bridgehead atoms. The number of benzene rings is 1. The zero-order chi connectivity index (χ0) is 16.8. The summed E-state index contributed by atoms with van der Waals surface area (Å²) in [7, 11) is -3.20. The highest BCUT2D eigenvalue weighted by molar-refractivity contribution is 7.92. The van der Waals surface area contributed by atoms with Gasteiger partial charge in [0, 0.05) is 10.1 Å². The fraction of sp³-hybridized carbons (Fsp3) is 0.353. The first-order chi connectivity index (χ1) is 10.7. The van der Waals surface area contributed by atoms with Crippen molar-refractivity contribution in [1.82, 2.24) is 4.98 Å². The summed E-state index contributed by atoms with van der Waals surface area (Å²) in [5, 5.41) is 3.86. The largest absolute Gasteiger partial charge is 0.239 e. The van der Waals surface area contributed by atoms with Crippen molar-refractivity contribution in [2.24, 2.45) is 0 Å². The predicted molar refractivity (Wildman–Crippen MR) is 100 cm³/mol. The maximum atomic E-state index is 12.3. The standard InChI is InChI=1S/C17H19NO2S3/c1-11-12-7-5-6-8-14(12)22-16(11)13-9-21-15(18-13)10-23(19,20)17(2,3)4/h5-9H,10H2,1-4H3. The number of thiophene rings is 1. The van der Waals surface area contributed by atoms with E-state index in [2.05, 4.69) is 24.0 Å². The minimum absolute atomic E-state index is 0.00507. The van der Waals surface area contributed by atoms with Gasteiger partial charge in [-0.3, -0.25) is 0 Å². The Morgan fingerprint density at radius 3 is 2.52 bits per heavy atom. The molecule has 0 aliphatic rings. The van der Waals surface area contributed by atoms with Crippen LogP contribution < -0.4 is 0 Å². The highest BCUT2D eigenvalue weighted by atomic mass is 32.2. The van der Waals surface area contributed by atoms with Crippen molar-refractivity contribution in [3.05, 3.63) is 40.2 Å². The molecule has 2 aromatic heterocycles. The van der Waals surface area contributed by atoms with Crippen LogP contribution in [0.1, 0.15) is 31.3 Å². The molecule has 122 valence electrons. The number of thiazole rings is 1. The maximum Gasteiger partial charge on any atom is 0.161 e. The lowest BCUT2D eigenvalue weighted by atomic mass is 10.1. The lowest BCUT2D eigenvalue weighted by Crippen LogP contribution is -2.29. The van der Waals surface area contributed by atoms with Crippen molar-refractivity contribution < 1.29 is 8.42 Å². The SMILES string of the molecule is Cc1c(-c2csc(CS(=O)(=O)C(C)(C)C)n2)sc2ccccc12. The number of aryl methyl sites for hydroxylation is 1. The number of hydrogen-bond acceptors (Lipinski definition) is 5. The summed E-state index contributed by atoms with van der Waals surface area (Å²) in [6.45, 7) is 7.28. The third-order valence-electron chi connectivity index (χ3n) is 3.87. The number of sulfone groups is 1.